The van der Waals surface area contributed by atoms with Gasteiger partial charge in [0.1, 0.15) is 0 Å². The predicted molar refractivity (Wildman–Crippen MR) is 155 cm³/mol. The standard InChI is InChI=1S/C26H52N2.C4H10.CH5N/c1-11-24(4,5)26(8,9)22-14-18-28(19-15-22)25(6,7)20-23(2,3)21-12-16-27(10)17-13-21;1-4(2)3;1-2/h21-22H,11-20H2,1-10H3;4H,1-3H3;2H2,1H3. The molecule has 0 radical (unpaired) electrons. The van der Waals surface area contributed by atoms with Gasteiger partial charge in [0.15, 0.2) is 0 Å². The molecule has 34 heavy (non-hydrogen) atoms. The molecule has 3 nitrogen and oxygen atoms in total. The Morgan fingerprint density at radius 3 is 1.50 bits per heavy atom. The van der Waals surface area contributed by atoms with E-state index in [9.17, 15) is 0 Å². The van der Waals surface area contributed by atoms with Crippen LogP contribution in [0.25, 0.3) is 0 Å². The van der Waals surface area contributed by atoms with E-state index in [2.05, 4.69) is 106 Å². The molecule has 2 aliphatic rings. The number of hydrogen-bond acceptors (Lipinski definition) is 3. The molecule has 0 saturated carbocycles. The van der Waals surface area contributed by atoms with Crippen LogP contribution < -0.4 is 5.73 Å². The number of nitrogens with zero attached hydrogens (tertiary/aromatic N) is 2. The number of rotatable bonds is 7. The smallest absolute Gasteiger partial charge is 0.0158 e. The predicted octanol–water partition coefficient (Wildman–Crippen LogP) is 7.93. The highest BCUT2D eigenvalue weighted by molar-refractivity contribution is 4.97. The van der Waals surface area contributed by atoms with Crippen LogP contribution in [0.1, 0.15) is 122 Å². The average Bonchev–Trinajstić information content (AvgIpc) is 2.74. The van der Waals surface area contributed by atoms with E-state index in [0.29, 0.717) is 21.8 Å². The van der Waals surface area contributed by atoms with Crippen molar-refractivity contribution in [2.45, 2.75) is 127 Å². The molecule has 0 spiro atoms. The van der Waals surface area contributed by atoms with Crippen LogP contribution in [0, 0.1) is 34.0 Å². The lowest BCUT2D eigenvalue weighted by molar-refractivity contribution is -0.0346. The Bertz CT molecular complexity index is 528. The summed E-state index contributed by atoms with van der Waals surface area (Å²) < 4.78 is 0. The zero-order valence-corrected chi connectivity index (χ0v) is 26.3. The normalized spacial score (nSPS) is 20.5. The molecule has 0 aromatic heterocycles. The van der Waals surface area contributed by atoms with Gasteiger partial charge in [0.05, 0.1) is 0 Å². The maximum Gasteiger partial charge on any atom is 0.0158 e. The molecule has 3 heteroatoms. The van der Waals surface area contributed by atoms with E-state index >= 15 is 0 Å². The van der Waals surface area contributed by atoms with E-state index in [0.717, 1.165) is 17.8 Å². The van der Waals surface area contributed by atoms with E-state index in [-0.39, 0.29) is 0 Å². The first-order valence-electron chi connectivity index (χ1n) is 14.5. The van der Waals surface area contributed by atoms with Crippen LogP contribution in [0.5, 0.6) is 0 Å². The van der Waals surface area contributed by atoms with Gasteiger partial charge in [-0.15, -0.1) is 0 Å². The van der Waals surface area contributed by atoms with Crippen LogP contribution in [0.2, 0.25) is 0 Å². The van der Waals surface area contributed by atoms with Crippen LogP contribution in [-0.2, 0) is 0 Å². The van der Waals surface area contributed by atoms with Crippen molar-refractivity contribution in [3.05, 3.63) is 0 Å². The maximum absolute atomic E-state index is 4.50. The summed E-state index contributed by atoms with van der Waals surface area (Å²) in [6, 6.07) is 0. The number of likely N-dealkylation sites (tertiary alicyclic amines) is 2. The molecule has 0 aromatic rings. The summed E-state index contributed by atoms with van der Waals surface area (Å²) in [5.74, 6) is 2.57. The van der Waals surface area contributed by atoms with E-state index < -0.39 is 0 Å². The molecule has 0 amide bonds. The minimum Gasteiger partial charge on any atom is -0.333 e. The third kappa shape index (κ3) is 9.74. The van der Waals surface area contributed by atoms with Crippen LogP contribution in [0.4, 0.5) is 0 Å². The molecule has 2 fully saturated rings. The number of nitrogens with two attached hydrogens (primary N) is 1. The van der Waals surface area contributed by atoms with Gasteiger partial charge in [-0.2, -0.15) is 0 Å². The fraction of sp³-hybridized carbons (Fsp3) is 1.00. The molecule has 0 atom stereocenters. The van der Waals surface area contributed by atoms with Crippen molar-refractivity contribution in [2.75, 3.05) is 40.3 Å². The van der Waals surface area contributed by atoms with E-state index in [1.807, 2.05) is 0 Å². The van der Waals surface area contributed by atoms with Crippen LogP contribution in [0.15, 0.2) is 0 Å². The minimum atomic E-state index is 0.308. The molecule has 206 valence electrons. The molecule has 2 N–H and O–H groups in total. The van der Waals surface area contributed by atoms with Gasteiger partial charge in [-0.05, 0) is 120 Å². The number of piperidine rings is 2. The largest absolute Gasteiger partial charge is 0.333 e. The van der Waals surface area contributed by atoms with Crippen molar-refractivity contribution in [2.24, 2.45) is 39.7 Å². The zero-order chi connectivity index (χ0) is 27.0. The average molecular weight is 482 g/mol. The molecule has 2 rings (SSSR count). The van der Waals surface area contributed by atoms with Gasteiger partial charge in [-0.1, -0.05) is 75.7 Å². The maximum atomic E-state index is 4.50. The lowest BCUT2D eigenvalue weighted by Crippen LogP contribution is -2.53. The summed E-state index contributed by atoms with van der Waals surface area (Å²) in [5.41, 5.74) is 6.09. The first kappa shape index (κ1) is 33.9. The van der Waals surface area contributed by atoms with Crippen LogP contribution in [0.3, 0.4) is 0 Å². The molecule has 0 aliphatic carbocycles. The van der Waals surface area contributed by atoms with Crippen molar-refractivity contribution in [1.29, 1.82) is 0 Å². The van der Waals surface area contributed by atoms with Gasteiger partial charge in [0.25, 0.3) is 0 Å². The van der Waals surface area contributed by atoms with Crippen molar-refractivity contribution in [1.82, 2.24) is 9.80 Å². The van der Waals surface area contributed by atoms with Crippen molar-refractivity contribution >= 4 is 0 Å². The van der Waals surface area contributed by atoms with Crippen molar-refractivity contribution in [3.8, 4) is 0 Å². The highest BCUT2D eigenvalue weighted by Crippen LogP contribution is 2.51. The Morgan fingerprint density at radius 1 is 0.735 bits per heavy atom. The summed E-state index contributed by atoms with van der Waals surface area (Å²) in [5, 5.41) is 0. The van der Waals surface area contributed by atoms with Gasteiger partial charge in [-0.25, -0.2) is 0 Å². The van der Waals surface area contributed by atoms with Crippen molar-refractivity contribution < 1.29 is 0 Å². The monoisotopic (exact) mass is 482 g/mol. The summed E-state index contributed by atoms with van der Waals surface area (Å²) in [6.07, 6.45) is 8.09. The highest BCUT2D eigenvalue weighted by atomic mass is 15.2. The van der Waals surface area contributed by atoms with Crippen molar-refractivity contribution in [3.63, 3.8) is 0 Å². The molecule has 0 unspecified atom stereocenters. The van der Waals surface area contributed by atoms with Crippen LogP contribution >= 0.6 is 0 Å². The number of hydrogen-bond donors (Lipinski definition) is 1. The zero-order valence-electron chi connectivity index (χ0n) is 26.3. The molecule has 0 aromatic carbocycles. The summed E-state index contributed by atoms with van der Waals surface area (Å²) in [6.45, 7) is 34.1. The first-order valence-corrected chi connectivity index (χ1v) is 14.5. The molecule has 0 bridgehead atoms. The second kappa shape index (κ2) is 14.0. The minimum absolute atomic E-state index is 0.308. The summed E-state index contributed by atoms with van der Waals surface area (Å²) in [4.78, 5) is 5.33. The Labute approximate surface area is 217 Å². The lowest BCUT2D eigenvalue weighted by Gasteiger charge is -2.53. The SMILES string of the molecule is CC(C)C.CCC(C)(C)C(C)(C)C1CCN(C(C)(C)CC(C)(C)C2CCN(C)CC2)CC1.CN. The first-order chi connectivity index (χ1) is 15.5. The molecule has 2 saturated heterocycles. The highest BCUT2D eigenvalue weighted by Gasteiger charge is 2.45. The Hall–Kier alpha value is -0.120. The van der Waals surface area contributed by atoms with E-state index in [1.165, 1.54) is 71.8 Å². The van der Waals surface area contributed by atoms with Gasteiger partial charge in [0, 0.05) is 5.54 Å². The third-order valence-corrected chi connectivity index (χ3v) is 9.71. The van der Waals surface area contributed by atoms with Gasteiger partial charge >= 0.3 is 0 Å². The quantitative estimate of drug-likeness (QED) is 0.400. The van der Waals surface area contributed by atoms with Crippen LogP contribution in [-0.4, -0.2) is 55.6 Å². The molecular formula is C31H67N3. The summed E-state index contributed by atoms with van der Waals surface area (Å²) in [7, 11) is 3.78. The van der Waals surface area contributed by atoms with Gasteiger partial charge in [0.2, 0.25) is 0 Å². The fourth-order valence-electron chi connectivity index (χ4n) is 6.38. The second-order valence-electron chi connectivity index (χ2n) is 14.5. The summed E-state index contributed by atoms with van der Waals surface area (Å²) >= 11 is 0. The van der Waals surface area contributed by atoms with Gasteiger partial charge in [-0.3, -0.25) is 4.90 Å². The van der Waals surface area contributed by atoms with E-state index in [4.69, 9.17) is 0 Å². The molecular weight excluding hydrogens is 414 g/mol. The fourth-order valence-corrected chi connectivity index (χ4v) is 6.38. The Kier molecular flexibility index (Phi) is 13.9. The van der Waals surface area contributed by atoms with Gasteiger partial charge < -0.3 is 10.6 Å². The Balaban J connectivity index is 0.00000164. The topological polar surface area (TPSA) is 32.5 Å². The Morgan fingerprint density at radius 2 is 1.12 bits per heavy atom. The van der Waals surface area contributed by atoms with E-state index in [1.54, 1.807) is 0 Å². The molecule has 2 heterocycles. The molecule has 2 aliphatic heterocycles. The lowest BCUT2D eigenvalue weighted by atomic mass is 9.58. The second-order valence-corrected chi connectivity index (χ2v) is 14.5. The third-order valence-electron chi connectivity index (χ3n) is 9.71.